The molecule has 0 saturated heterocycles. The maximum Gasteiger partial charge on any atom is 0.238 e. The standard InChI is InChI=1S/C16H17FN2OS/c1-11-14-6-8-21-15(14)5-7-19(11)10-16(20)18-13-4-2-3-12(17)9-13/h2-4,6,8-9,11H,5,7,10H2,1H3,(H,18,20). The van der Waals surface area contributed by atoms with E-state index in [1.54, 1.807) is 23.5 Å². The minimum absolute atomic E-state index is 0.105. The van der Waals surface area contributed by atoms with Gasteiger partial charge in [-0.25, -0.2) is 4.39 Å². The summed E-state index contributed by atoms with van der Waals surface area (Å²) >= 11 is 1.79. The van der Waals surface area contributed by atoms with Crippen molar-refractivity contribution in [2.45, 2.75) is 19.4 Å². The highest BCUT2D eigenvalue weighted by Crippen LogP contribution is 2.32. The lowest BCUT2D eigenvalue weighted by Crippen LogP contribution is -2.39. The lowest BCUT2D eigenvalue weighted by molar-refractivity contribution is -0.117. The van der Waals surface area contributed by atoms with Crippen LogP contribution in [0.3, 0.4) is 0 Å². The third-order valence-electron chi connectivity index (χ3n) is 3.86. The summed E-state index contributed by atoms with van der Waals surface area (Å²) in [6, 6.07) is 8.36. The van der Waals surface area contributed by atoms with Crippen LogP contribution in [0.4, 0.5) is 10.1 Å². The molecule has 0 radical (unpaired) electrons. The lowest BCUT2D eigenvalue weighted by atomic mass is 10.0. The van der Waals surface area contributed by atoms with Crippen molar-refractivity contribution in [3.05, 3.63) is 52.0 Å². The van der Waals surface area contributed by atoms with Crippen LogP contribution >= 0.6 is 11.3 Å². The van der Waals surface area contributed by atoms with Gasteiger partial charge in [-0.05, 0) is 48.6 Å². The van der Waals surface area contributed by atoms with Gasteiger partial charge in [0.1, 0.15) is 5.82 Å². The number of carbonyl (C=O) groups is 1. The van der Waals surface area contributed by atoms with Crippen LogP contribution in [0.15, 0.2) is 35.7 Å². The Morgan fingerprint density at radius 2 is 2.33 bits per heavy atom. The number of benzene rings is 1. The van der Waals surface area contributed by atoms with Crippen molar-refractivity contribution in [3.63, 3.8) is 0 Å². The van der Waals surface area contributed by atoms with E-state index in [2.05, 4.69) is 28.6 Å². The van der Waals surface area contributed by atoms with Gasteiger partial charge in [0.15, 0.2) is 0 Å². The minimum Gasteiger partial charge on any atom is -0.325 e. The third kappa shape index (κ3) is 3.14. The second-order valence-electron chi connectivity index (χ2n) is 5.25. The number of nitrogens with one attached hydrogen (secondary N) is 1. The van der Waals surface area contributed by atoms with E-state index in [4.69, 9.17) is 0 Å². The second kappa shape index (κ2) is 5.95. The number of thiophene rings is 1. The van der Waals surface area contributed by atoms with Crippen molar-refractivity contribution >= 4 is 22.9 Å². The van der Waals surface area contributed by atoms with E-state index >= 15 is 0 Å². The highest BCUT2D eigenvalue weighted by Gasteiger charge is 2.26. The highest BCUT2D eigenvalue weighted by molar-refractivity contribution is 7.10. The summed E-state index contributed by atoms with van der Waals surface area (Å²) in [5, 5.41) is 4.86. The molecule has 0 saturated carbocycles. The van der Waals surface area contributed by atoms with Crippen LogP contribution in [-0.4, -0.2) is 23.9 Å². The number of carbonyl (C=O) groups excluding carboxylic acids is 1. The molecule has 1 aliphatic rings. The topological polar surface area (TPSA) is 32.3 Å². The summed E-state index contributed by atoms with van der Waals surface area (Å²) < 4.78 is 13.1. The van der Waals surface area contributed by atoms with Crippen LogP contribution in [0, 0.1) is 5.82 Å². The minimum atomic E-state index is -0.345. The number of hydrogen-bond donors (Lipinski definition) is 1. The molecular formula is C16H17FN2OS. The molecule has 0 bridgehead atoms. The van der Waals surface area contributed by atoms with Crippen molar-refractivity contribution < 1.29 is 9.18 Å². The summed E-state index contributed by atoms with van der Waals surface area (Å²) in [7, 11) is 0. The maximum absolute atomic E-state index is 13.1. The maximum atomic E-state index is 13.1. The zero-order chi connectivity index (χ0) is 14.8. The Balaban J connectivity index is 1.63. The van der Waals surface area contributed by atoms with Gasteiger partial charge < -0.3 is 5.32 Å². The predicted octanol–water partition coefficient (Wildman–Crippen LogP) is 3.45. The molecule has 1 amide bonds. The summed E-state index contributed by atoms with van der Waals surface area (Å²) in [5.41, 5.74) is 1.82. The van der Waals surface area contributed by atoms with Crippen LogP contribution in [0.2, 0.25) is 0 Å². The predicted molar refractivity (Wildman–Crippen MR) is 83.0 cm³/mol. The SMILES string of the molecule is CC1c2ccsc2CCN1CC(=O)Nc1cccc(F)c1. The smallest absolute Gasteiger partial charge is 0.238 e. The van der Waals surface area contributed by atoms with Crippen molar-refractivity contribution in [2.24, 2.45) is 0 Å². The fourth-order valence-electron chi connectivity index (χ4n) is 2.73. The fraction of sp³-hybridized carbons (Fsp3) is 0.312. The first-order chi connectivity index (χ1) is 10.1. The van der Waals surface area contributed by atoms with Crippen LogP contribution in [-0.2, 0) is 11.2 Å². The van der Waals surface area contributed by atoms with Gasteiger partial charge in [-0.1, -0.05) is 6.07 Å². The molecule has 1 aromatic heterocycles. The molecule has 0 fully saturated rings. The number of fused-ring (bicyclic) bond motifs is 1. The molecule has 110 valence electrons. The number of hydrogen-bond acceptors (Lipinski definition) is 3. The van der Waals surface area contributed by atoms with Gasteiger partial charge in [0.2, 0.25) is 5.91 Å². The Kier molecular flexibility index (Phi) is 4.03. The van der Waals surface area contributed by atoms with Crippen molar-refractivity contribution in [1.29, 1.82) is 0 Å². The fourth-order valence-corrected chi connectivity index (χ4v) is 3.69. The molecule has 0 spiro atoms. The molecule has 5 heteroatoms. The van der Waals surface area contributed by atoms with Crippen molar-refractivity contribution in [2.75, 3.05) is 18.4 Å². The zero-order valence-electron chi connectivity index (χ0n) is 11.8. The van der Waals surface area contributed by atoms with Gasteiger partial charge in [0, 0.05) is 23.2 Å². The van der Waals surface area contributed by atoms with Gasteiger partial charge in [0.25, 0.3) is 0 Å². The average molecular weight is 304 g/mol. The van der Waals surface area contributed by atoms with Gasteiger partial charge in [-0.2, -0.15) is 0 Å². The van der Waals surface area contributed by atoms with E-state index < -0.39 is 0 Å². The molecule has 1 atom stereocenters. The Bertz CT molecular complexity index is 655. The first kappa shape index (κ1) is 14.2. The van der Waals surface area contributed by atoms with E-state index in [0.29, 0.717) is 12.2 Å². The summed E-state index contributed by atoms with van der Waals surface area (Å²) in [4.78, 5) is 15.7. The molecule has 3 nitrogen and oxygen atoms in total. The Morgan fingerprint density at radius 3 is 3.14 bits per heavy atom. The van der Waals surface area contributed by atoms with Crippen molar-refractivity contribution in [1.82, 2.24) is 4.90 Å². The van der Waals surface area contributed by atoms with Gasteiger partial charge in [0.05, 0.1) is 6.54 Å². The van der Waals surface area contributed by atoms with Crippen LogP contribution in [0.25, 0.3) is 0 Å². The summed E-state index contributed by atoms with van der Waals surface area (Å²) in [6.07, 6.45) is 0.991. The third-order valence-corrected chi connectivity index (χ3v) is 4.86. The summed E-state index contributed by atoms with van der Waals surface area (Å²) in [6.45, 7) is 3.33. The Labute approximate surface area is 127 Å². The molecule has 0 aliphatic carbocycles. The number of halogens is 1. The Morgan fingerprint density at radius 1 is 1.48 bits per heavy atom. The quantitative estimate of drug-likeness (QED) is 0.942. The highest BCUT2D eigenvalue weighted by atomic mass is 32.1. The normalized spacial score (nSPS) is 18.3. The largest absolute Gasteiger partial charge is 0.325 e. The van der Waals surface area contributed by atoms with Crippen LogP contribution in [0.1, 0.15) is 23.4 Å². The molecular weight excluding hydrogens is 287 g/mol. The average Bonchev–Trinajstić information content (AvgIpc) is 2.91. The first-order valence-corrected chi connectivity index (χ1v) is 7.87. The molecule has 2 heterocycles. The van der Waals surface area contributed by atoms with E-state index in [-0.39, 0.29) is 17.8 Å². The molecule has 21 heavy (non-hydrogen) atoms. The Hall–Kier alpha value is -1.72. The second-order valence-corrected chi connectivity index (χ2v) is 6.25. The van der Waals surface area contributed by atoms with Crippen LogP contribution < -0.4 is 5.32 Å². The molecule has 1 unspecified atom stereocenters. The van der Waals surface area contributed by atoms with E-state index in [1.165, 1.54) is 22.6 Å². The van der Waals surface area contributed by atoms with Crippen LogP contribution in [0.5, 0.6) is 0 Å². The number of nitrogens with zero attached hydrogens (tertiary/aromatic N) is 1. The lowest BCUT2D eigenvalue weighted by Gasteiger charge is -2.32. The van der Waals surface area contributed by atoms with Crippen molar-refractivity contribution in [3.8, 4) is 0 Å². The zero-order valence-corrected chi connectivity index (χ0v) is 12.6. The number of amides is 1. The van der Waals surface area contributed by atoms with Gasteiger partial charge in [-0.3, -0.25) is 9.69 Å². The first-order valence-electron chi connectivity index (χ1n) is 6.99. The molecule has 2 aromatic rings. The van der Waals surface area contributed by atoms with E-state index in [0.717, 1.165) is 13.0 Å². The molecule has 1 aromatic carbocycles. The number of rotatable bonds is 3. The molecule has 1 aliphatic heterocycles. The summed E-state index contributed by atoms with van der Waals surface area (Å²) in [5.74, 6) is -0.451. The monoisotopic (exact) mass is 304 g/mol. The van der Waals surface area contributed by atoms with Gasteiger partial charge in [-0.15, -0.1) is 11.3 Å². The molecule has 1 N–H and O–H groups in total. The van der Waals surface area contributed by atoms with Gasteiger partial charge >= 0.3 is 0 Å². The van der Waals surface area contributed by atoms with E-state index in [9.17, 15) is 9.18 Å². The molecule has 3 rings (SSSR count). The number of anilines is 1. The van der Waals surface area contributed by atoms with E-state index in [1.807, 2.05) is 0 Å².